The summed E-state index contributed by atoms with van der Waals surface area (Å²) in [4.78, 5) is 1.27. The Morgan fingerprint density at radius 2 is 2.25 bits per heavy atom. The van der Waals surface area contributed by atoms with E-state index in [4.69, 9.17) is 5.73 Å². The second-order valence-corrected chi connectivity index (χ2v) is 5.02. The van der Waals surface area contributed by atoms with Gasteiger partial charge in [-0.1, -0.05) is 6.92 Å². The average molecular weight is 271 g/mol. The first-order valence-electron chi connectivity index (χ1n) is 3.66. The number of thiophene rings is 1. The third-order valence-electron chi connectivity index (χ3n) is 1.68. The van der Waals surface area contributed by atoms with Gasteiger partial charge in [0.05, 0.1) is 3.79 Å². The largest absolute Gasteiger partial charge is 0.323 e. The van der Waals surface area contributed by atoms with E-state index >= 15 is 0 Å². The number of hydrogen-bond acceptors (Lipinski definition) is 2. The average Bonchev–Trinajstić information content (AvgIpc) is 2.31. The molecular weight excluding hydrogens is 258 g/mol. The first-order chi connectivity index (χ1) is 5.15. The van der Waals surface area contributed by atoms with Crippen molar-refractivity contribution in [2.45, 2.75) is 26.3 Å². The van der Waals surface area contributed by atoms with Crippen LogP contribution in [0, 0.1) is 6.92 Å². The van der Waals surface area contributed by atoms with Crippen molar-refractivity contribution in [1.82, 2.24) is 0 Å². The minimum Gasteiger partial charge on any atom is -0.323 e. The molecule has 0 amide bonds. The van der Waals surface area contributed by atoms with Crippen LogP contribution in [-0.2, 0) is 0 Å². The zero-order chi connectivity index (χ0) is 8.43. The Morgan fingerprint density at radius 1 is 1.67 bits per heavy atom. The van der Waals surface area contributed by atoms with Crippen molar-refractivity contribution in [2.24, 2.45) is 5.73 Å². The highest BCUT2D eigenvalue weighted by Crippen LogP contribution is 2.31. The lowest BCUT2D eigenvalue weighted by Gasteiger charge is -2.03. The lowest BCUT2D eigenvalue weighted by molar-refractivity contribution is 0.712. The van der Waals surface area contributed by atoms with E-state index in [-0.39, 0.29) is 18.4 Å². The number of halogens is 2. The molecule has 4 heteroatoms. The predicted octanol–water partition coefficient (Wildman–Crippen LogP) is 3.65. The standard InChI is InChI=1S/C8H12BrNS.ClH/c1-3-6(10)7-4-5(2)8(9)11-7;/h4,6H,3,10H2,1-2H3;1H/t6-;/m0./s1. The fourth-order valence-electron chi connectivity index (χ4n) is 0.867. The second-order valence-electron chi connectivity index (χ2n) is 2.62. The van der Waals surface area contributed by atoms with Crippen LogP contribution in [0.2, 0.25) is 0 Å². The fraction of sp³-hybridized carbons (Fsp3) is 0.500. The maximum absolute atomic E-state index is 5.87. The summed E-state index contributed by atoms with van der Waals surface area (Å²) in [6, 6.07) is 2.37. The fourth-order valence-corrected chi connectivity index (χ4v) is 2.52. The van der Waals surface area contributed by atoms with Crippen LogP contribution in [-0.4, -0.2) is 0 Å². The van der Waals surface area contributed by atoms with Crippen molar-refractivity contribution in [1.29, 1.82) is 0 Å². The normalized spacial score (nSPS) is 12.3. The summed E-state index contributed by atoms with van der Waals surface area (Å²) >= 11 is 5.22. The van der Waals surface area contributed by atoms with Gasteiger partial charge in [-0.25, -0.2) is 0 Å². The molecule has 1 atom stereocenters. The predicted molar refractivity (Wildman–Crippen MR) is 61.2 cm³/mol. The maximum atomic E-state index is 5.87. The molecule has 1 nitrogen and oxygen atoms in total. The molecule has 0 saturated heterocycles. The molecule has 0 aliphatic carbocycles. The lowest BCUT2D eigenvalue weighted by Crippen LogP contribution is -2.05. The summed E-state index contributed by atoms with van der Waals surface area (Å²) < 4.78 is 1.20. The monoisotopic (exact) mass is 269 g/mol. The molecule has 0 aliphatic heterocycles. The Bertz CT molecular complexity index is 230. The molecule has 0 bridgehead atoms. The Morgan fingerprint density at radius 3 is 2.58 bits per heavy atom. The van der Waals surface area contributed by atoms with Crippen molar-refractivity contribution >= 4 is 39.7 Å². The molecule has 70 valence electrons. The Labute approximate surface area is 91.9 Å². The summed E-state index contributed by atoms with van der Waals surface area (Å²) in [7, 11) is 0. The third-order valence-corrected chi connectivity index (χ3v) is 3.95. The molecule has 0 saturated carbocycles. The summed E-state index contributed by atoms with van der Waals surface area (Å²) in [5.41, 5.74) is 7.15. The third kappa shape index (κ3) is 2.73. The molecule has 1 rings (SSSR count). The number of aryl methyl sites for hydroxylation is 1. The molecule has 0 spiro atoms. The van der Waals surface area contributed by atoms with Gasteiger partial charge >= 0.3 is 0 Å². The van der Waals surface area contributed by atoms with E-state index in [2.05, 4.69) is 35.8 Å². The van der Waals surface area contributed by atoms with Gasteiger partial charge in [-0.2, -0.15) is 0 Å². The second kappa shape index (κ2) is 5.22. The number of nitrogens with two attached hydrogens (primary N) is 1. The topological polar surface area (TPSA) is 26.0 Å². The Hall–Kier alpha value is 0.430. The van der Waals surface area contributed by atoms with Gasteiger partial charge in [-0.05, 0) is 40.9 Å². The molecule has 1 heterocycles. The minimum absolute atomic E-state index is 0. The van der Waals surface area contributed by atoms with Crippen molar-refractivity contribution in [2.75, 3.05) is 0 Å². The van der Waals surface area contributed by atoms with E-state index in [9.17, 15) is 0 Å². The highest BCUT2D eigenvalue weighted by atomic mass is 79.9. The molecule has 0 aliphatic rings. The zero-order valence-electron chi connectivity index (χ0n) is 7.13. The van der Waals surface area contributed by atoms with E-state index < -0.39 is 0 Å². The van der Waals surface area contributed by atoms with Gasteiger partial charge in [-0.3, -0.25) is 0 Å². The van der Waals surface area contributed by atoms with Gasteiger partial charge in [0.25, 0.3) is 0 Å². The van der Waals surface area contributed by atoms with Gasteiger partial charge in [0, 0.05) is 10.9 Å². The van der Waals surface area contributed by atoms with Gasteiger partial charge < -0.3 is 5.73 Å². The van der Waals surface area contributed by atoms with Gasteiger partial charge in [0.2, 0.25) is 0 Å². The van der Waals surface area contributed by atoms with Crippen LogP contribution in [0.15, 0.2) is 9.85 Å². The minimum atomic E-state index is 0. The van der Waals surface area contributed by atoms with Crippen molar-refractivity contribution < 1.29 is 0 Å². The van der Waals surface area contributed by atoms with Crippen LogP contribution in [0.5, 0.6) is 0 Å². The smallest absolute Gasteiger partial charge is 0.0731 e. The summed E-state index contributed by atoms with van der Waals surface area (Å²) in [6.07, 6.45) is 1.01. The van der Waals surface area contributed by atoms with Gasteiger partial charge in [0.15, 0.2) is 0 Å². The molecule has 0 fully saturated rings. The van der Waals surface area contributed by atoms with E-state index in [1.807, 2.05) is 0 Å². The summed E-state index contributed by atoms with van der Waals surface area (Å²) in [5.74, 6) is 0. The Balaban J connectivity index is 0.00000121. The Kier molecular flexibility index (Phi) is 5.41. The summed E-state index contributed by atoms with van der Waals surface area (Å²) in [5, 5.41) is 0. The first-order valence-corrected chi connectivity index (χ1v) is 5.27. The number of hydrogen-bond donors (Lipinski definition) is 1. The molecule has 0 radical (unpaired) electrons. The van der Waals surface area contributed by atoms with Crippen molar-refractivity contribution in [3.8, 4) is 0 Å². The van der Waals surface area contributed by atoms with Crippen molar-refractivity contribution in [3.05, 3.63) is 20.3 Å². The highest BCUT2D eigenvalue weighted by molar-refractivity contribution is 9.11. The van der Waals surface area contributed by atoms with Crippen LogP contribution in [0.25, 0.3) is 0 Å². The van der Waals surface area contributed by atoms with Crippen LogP contribution < -0.4 is 5.73 Å². The van der Waals surface area contributed by atoms with E-state index in [0.717, 1.165) is 6.42 Å². The van der Waals surface area contributed by atoms with E-state index in [1.54, 1.807) is 11.3 Å². The quantitative estimate of drug-likeness (QED) is 0.872. The first kappa shape index (κ1) is 12.4. The van der Waals surface area contributed by atoms with Gasteiger partial charge in [0.1, 0.15) is 0 Å². The van der Waals surface area contributed by atoms with E-state index in [0.29, 0.717) is 0 Å². The molecule has 0 aromatic carbocycles. The molecule has 2 N–H and O–H groups in total. The van der Waals surface area contributed by atoms with Crippen molar-refractivity contribution in [3.63, 3.8) is 0 Å². The SMILES string of the molecule is CC[C@H](N)c1cc(C)c(Br)s1.Cl. The summed E-state index contributed by atoms with van der Waals surface area (Å²) in [6.45, 7) is 4.19. The van der Waals surface area contributed by atoms with Gasteiger partial charge in [-0.15, -0.1) is 23.7 Å². The zero-order valence-corrected chi connectivity index (χ0v) is 10.4. The number of rotatable bonds is 2. The van der Waals surface area contributed by atoms with Crippen LogP contribution in [0.4, 0.5) is 0 Å². The molecule has 0 unspecified atom stereocenters. The molecule has 1 aromatic heterocycles. The molecule has 12 heavy (non-hydrogen) atoms. The maximum Gasteiger partial charge on any atom is 0.0731 e. The highest BCUT2D eigenvalue weighted by Gasteiger charge is 2.08. The lowest BCUT2D eigenvalue weighted by atomic mass is 10.2. The van der Waals surface area contributed by atoms with Crippen LogP contribution in [0.1, 0.15) is 29.8 Å². The molecule has 1 aromatic rings. The molecular formula is C8H13BrClNS. The van der Waals surface area contributed by atoms with Crippen LogP contribution >= 0.6 is 39.7 Å². The van der Waals surface area contributed by atoms with E-state index in [1.165, 1.54) is 14.2 Å². The van der Waals surface area contributed by atoms with Crippen LogP contribution in [0.3, 0.4) is 0 Å².